The molecule has 0 atom stereocenters. The van der Waals surface area contributed by atoms with Gasteiger partial charge in [-0.15, -0.1) is 0 Å². The first-order valence-corrected chi connectivity index (χ1v) is 6.71. The minimum atomic E-state index is -0.260. The lowest BCUT2D eigenvalue weighted by Crippen LogP contribution is -2.23. The van der Waals surface area contributed by atoms with Crippen LogP contribution in [0.4, 0.5) is 0 Å². The largest absolute Gasteiger partial charge is 0.497 e. The molecule has 0 N–H and O–H groups in total. The second-order valence-electron chi connectivity index (χ2n) is 5.52. The maximum absolute atomic E-state index is 11.8. The van der Waals surface area contributed by atoms with Gasteiger partial charge in [-0.1, -0.05) is 26.8 Å². The summed E-state index contributed by atoms with van der Waals surface area (Å²) in [7, 11) is 1.65. The molecule has 0 aromatic heterocycles. The number of ether oxygens (including phenoxy) is 2. The lowest BCUT2D eigenvalue weighted by atomic mass is 9.81. The molecular weight excluding hydrogens is 240 g/mol. The van der Waals surface area contributed by atoms with E-state index in [9.17, 15) is 4.79 Å². The van der Waals surface area contributed by atoms with E-state index < -0.39 is 0 Å². The van der Waals surface area contributed by atoms with Crippen molar-refractivity contribution in [1.29, 1.82) is 0 Å². The molecule has 0 radical (unpaired) electrons. The molecule has 1 aromatic rings. The number of esters is 1. The van der Waals surface area contributed by atoms with E-state index in [2.05, 4.69) is 19.9 Å². The number of carbonyl (C=O) groups excluding carboxylic acids is 1. The van der Waals surface area contributed by atoms with Crippen LogP contribution in [0.1, 0.15) is 44.7 Å². The molecule has 1 rings (SSSR count). The Morgan fingerprint density at radius 3 is 2.53 bits per heavy atom. The highest BCUT2D eigenvalue weighted by Gasteiger charge is 2.26. The molecule has 0 fully saturated rings. The Labute approximate surface area is 115 Å². The molecule has 3 heteroatoms. The van der Waals surface area contributed by atoms with Crippen molar-refractivity contribution in [2.45, 2.75) is 46.0 Å². The molecule has 0 aliphatic heterocycles. The van der Waals surface area contributed by atoms with Crippen LogP contribution in [-0.4, -0.2) is 19.7 Å². The number of rotatable bonds is 6. The zero-order valence-corrected chi connectivity index (χ0v) is 12.6. The van der Waals surface area contributed by atoms with Crippen molar-refractivity contribution in [3.05, 3.63) is 29.3 Å². The Morgan fingerprint density at radius 1 is 1.26 bits per heavy atom. The lowest BCUT2D eigenvalue weighted by molar-refractivity contribution is -0.144. The van der Waals surface area contributed by atoms with Gasteiger partial charge in [0.1, 0.15) is 5.75 Å². The molecule has 0 aliphatic rings. The van der Waals surface area contributed by atoms with Gasteiger partial charge in [0, 0.05) is 5.41 Å². The van der Waals surface area contributed by atoms with Crippen molar-refractivity contribution >= 4 is 5.97 Å². The fourth-order valence-electron chi connectivity index (χ4n) is 1.99. The second-order valence-corrected chi connectivity index (χ2v) is 5.52. The van der Waals surface area contributed by atoms with E-state index in [1.807, 2.05) is 26.0 Å². The van der Waals surface area contributed by atoms with Crippen LogP contribution in [0, 0.1) is 6.92 Å². The molecule has 0 spiro atoms. The third-order valence-corrected chi connectivity index (χ3v) is 3.12. The van der Waals surface area contributed by atoms with E-state index in [1.165, 1.54) is 0 Å². The van der Waals surface area contributed by atoms with Crippen LogP contribution < -0.4 is 4.74 Å². The Balaban J connectivity index is 2.86. The molecule has 0 saturated heterocycles. The third kappa shape index (κ3) is 4.58. The zero-order valence-electron chi connectivity index (χ0n) is 12.6. The number of methoxy groups -OCH3 is 1. The molecule has 0 amide bonds. The summed E-state index contributed by atoms with van der Waals surface area (Å²) in [5.41, 5.74) is 1.96. The SMILES string of the molecule is CCCOC(=O)CC(C)(C)c1cc(C)cc(OC)c1. The number of hydrogen-bond donors (Lipinski definition) is 0. The number of hydrogen-bond acceptors (Lipinski definition) is 3. The highest BCUT2D eigenvalue weighted by Crippen LogP contribution is 2.31. The van der Waals surface area contributed by atoms with Crippen molar-refractivity contribution in [2.75, 3.05) is 13.7 Å². The van der Waals surface area contributed by atoms with Crippen molar-refractivity contribution in [2.24, 2.45) is 0 Å². The van der Waals surface area contributed by atoms with Gasteiger partial charge in [-0.05, 0) is 36.6 Å². The van der Waals surface area contributed by atoms with Crippen molar-refractivity contribution in [3.63, 3.8) is 0 Å². The first-order chi connectivity index (χ1) is 8.89. The van der Waals surface area contributed by atoms with Crippen LogP contribution in [0.5, 0.6) is 5.75 Å². The lowest BCUT2D eigenvalue weighted by Gasteiger charge is -2.25. The van der Waals surface area contributed by atoms with Gasteiger partial charge in [0.25, 0.3) is 0 Å². The zero-order chi connectivity index (χ0) is 14.5. The van der Waals surface area contributed by atoms with Crippen molar-refractivity contribution in [1.82, 2.24) is 0 Å². The van der Waals surface area contributed by atoms with E-state index in [1.54, 1.807) is 7.11 Å². The van der Waals surface area contributed by atoms with Crippen LogP contribution in [0.2, 0.25) is 0 Å². The Bertz CT molecular complexity index is 436. The van der Waals surface area contributed by atoms with E-state index in [0.717, 1.165) is 23.3 Å². The predicted octanol–water partition coefficient (Wildman–Crippen LogP) is 3.62. The van der Waals surface area contributed by atoms with Gasteiger partial charge in [-0.25, -0.2) is 0 Å². The highest BCUT2D eigenvalue weighted by atomic mass is 16.5. The molecule has 3 nitrogen and oxygen atoms in total. The minimum absolute atomic E-state index is 0.146. The van der Waals surface area contributed by atoms with E-state index in [4.69, 9.17) is 9.47 Å². The predicted molar refractivity (Wildman–Crippen MR) is 76.6 cm³/mol. The second kappa shape index (κ2) is 6.60. The monoisotopic (exact) mass is 264 g/mol. The highest BCUT2D eigenvalue weighted by molar-refractivity contribution is 5.71. The first-order valence-electron chi connectivity index (χ1n) is 6.71. The number of benzene rings is 1. The van der Waals surface area contributed by atoms with Gasteiger partial charge in [-0.2, -0.15) is 0 Å². The maximum atomic E-state index is 11.8. The fraction of sp³-hybridized carbons (Fsp3) is 0.562. The minimum Gasteiger partial charge on any atom is -0.497 e. The summed E-state index contributed by atoms with van der Waals surface area (Å²) in [5.74, 6) is 0.678. The van der Waals surface area contributed by atoms with Crippen LogP contribution in [0.3, 0.4) is 0 Å². The maximum Gasteiger partial charge on any atom is 0.306 e. The molecule has 0 saturated carbocycles. The fourth-order valence-corrected chi connectivity index (χ4v) is 1.99. The first kappa shape index (κ1) is 15.5. The summed E-state index contributed by atoms with van der Waals surface area (Å²) in [4.78, 5) is 11.8. The van der Waals surface area contributed by atoms with Gasteiger partial charge in [0.2, 0.25) is 0 Å². The Kier molecular flexibility index (Phi) is 5.40. The quantitative estimate of drug-likeness (QED) is 0.736. The summed E-state index contributed by atoms with van der Waals surface area (Å²) in [6.07, 6.45) is 1.23. The van der Waals surface area contributed by atoms with Crippen molar-refractivity contribution in [3.8, 4) is 5.75 Å². The van der Waals surface area contributed by atoms with Gasteiger partial charge in [0.15, 0.2) is 0 Å². The van der Waals surface area contributed by atoms with Gasteiger partial charge in [-0.3, -0.25) is 4.79 Å². The van der Waals surface area contributed by atoms with Crippen LogP contribution >= 0.6 is 0 Å². The summed E-state index contributed by atoms with van der Waals surface area (Å²) in [6.45, 7) is 8.61. The molecule has 0 heterocycles. The standard InChI is InChI=1S/C16H24O3/c1-6-7-19-15(17)11-16(3,4)13-8-12(2)9-14(10-13)18-5/h8-10H,6-7,11H2,1-5H3. The molecular formula is C16H24O3. The van der Waals surface area contributed by atoms with E-state index in [0.29, 0.717) is 13.0 Å². The molecule has 106 valence electrons. The number of aryl methyl sites for hydroxylation is 1. The summed E-state index contributed by atoms with van der Waals surface area (Å²) >= 11 is 0. The summed E-state index contributed by atoms with van der Waals surface area (Å²) < 4.78 is 10.4. The van der Waals surface area contributed by atoms with E-state index in [-0.39, 0.29) is 11.4 Å². The normalized spacial score (nSPS) is 11.2. The molecule has 1 aromatic carbocycles. The van der Waals surface area contributed by atoms with Gasteiger partial charge < -0.3 is 9.47 Å². The van der Waals surface area contributed by atoms with Gasteiger partial charge in [0.05, 0.1) is 20.1 Å². The summed E-state index contributed by atoms with van der Waals surface area (Å²) in [6, 6.07) is 6.06. The Morgan fingerprint density at radius 2 is 1.95 bits per heavy atom. The molecule has 19 heavy (non-hydrogen) atoms. The molecule has 0 unspecified atom stereocenters. The number of carbonyl (C=O) groups is 1. The average molecular weight is 264 g/mol. The van der Waals surface area contributed by atoms with E-state index >= 15 is 0 Å². The summed E-state index contributed by atoms with van der Waals surface area (Å²) in [5, 5.41) is 0. The van der Waals surface area contributed by atoms with Crippen LogP contribution in [-0.2, 0) is 14.9 Å². The van der Waals surface area contributed by atoms with Gasteiger partial charge >= 0.3 is 5.97 Å². The average Bonchev–Trinajstić information content (AvgIpc) is 2.35. The Hall–Kier alpha value is -1.51. The van der Waals surface area contributed by atoms with Crippen molar-refractivity contribution < 1.29 is 14.3 Å². The van der Waals surface area contributed by atoms with Crippen LogP contribution in [0.25, 0.3) is 0 Å². The molecule has 0 aliphatic carbocycles. The smallest absolute Gasteiger partial charge is 0.306 e. The topological polar surface area (TPSA) is 35.5 Å². The van der Waals surface area contributed by atoms with Crippen LogP contribution in [0.15, 0.2) is 18.2 Å². The third-order valence-electron chi connectivity index (χ3n) is 3.12. The molecule has 0 bridgehead atoms.